The Hall–Kier alpha value is -2.04. The smallest absolute Gasteiger partial charge is 0.227 e. The van der Waals surface area contributed by atoms with Crippen LogP contribution in [0.4, 0.5) is 11.8 Å². The van der Waals surface area contributed by atoms with Crippen molar-refractivity contribution in [1.29, 1.82) is 0 Å². The minimum Gasteiger partial charge on any atom is -0.467 e. The summed E-state index contributed by atoms with van der Waals surface area (Å²) in [7, 11) is 0. The minimum absolute atomic E-state index is 0.638. The third-order valence-corrected chi connectivity index (χ3v) is 3.81. The molecule has 112 valence electrons. The van der Waals surface area contributed by atoms with Crippen LogP contribution in [0.15, 0.2) is 28.9 Å². The summed E-state index contributed by atoms with van der Waals surface area (Å²) in [5.41, 5.74) is 0.986. The van der Waals surface area contributed by atoms with Gasteiger partial charge in [0.05, 0.1) is 12.8 Å². The Kier molecular flexibility index (Phi) is 4.08. The molecule has 0 radical (unpaired) electrons. The Bertz CT molecular complexity index is 582. The van der Waals surface area contributed by atoms with E-state index in [1.54, 1.807) is 6.26 Å². The van der Waals surface area contributed by atoms with Crippen LogP contribution < -0.4 is 10.2 Å². The quantitative estimate of drug-likeness (QED) is 0.935. The summed E-state index contributed by atoms with van der Waals surface area (Å²) in [5, 5.41) is 3.31. The Balaban J connectivity index is 1.72. The largest absolute Gasteiger partial charge is 0.467 e. The number of rotatable bonds is 4. The molecule has 1 atom stereocenters. The molecule has 0 saturated carbocycles. The first-order valence-electron chi connectivity index (χ1n) is 7.57. The summed E-state index contributed by atoms with van der Waals surface area (Å²) in [6, 6.07) is 5.82. The van der Waals surface area contributed by atoms with Crippen molar-refractivity contribution in [3.63, 3.8) is 0 Å². The van der Waals surface area contributed by atoms with Crippen molar-refractivity contribution >= 4 is 11.8 Å². The van der Waals surface area contributed by atoms with Crippen LogP contribution in [0.5, 0.6) is 0 Å². The van der Waals surface area contributed by atoms with Crippen LogP contribution in [0.2, 0.25) is 0 Å². The van der Waals surface area contributed by atoms with Gasteiger partial charge in [-0.05, 0) is 37.8 Å². The fraction of sp³-hybridized carbons (Fsp3) is 0.500. The molecule has 1 N–H and O–H groups in total. The summed E-state index contributed by atoms with van der Waals surface area (Å²) < 4.78 is 5.33. The second kappa shape index (κ2) is 6.16. The van der Waals surface area contributed by atoms with Crippen LogP contribution in [0.1, 0.15) is 31.2 Å². The first-order valence-corrected chi connectivity index (χ1v) is 7.57. The van der Waals surface area contributed by atoms with Gasteiger partial charge < -0.3 is 14.6 Å². The monoisotopic (exact) mass is 286 g/mol. The van der Waals surface area contributed by atoms with Crippen molar-refractivity contribution in [2.45, 2.75) is 33.2 Å². The highest BCUT2D eigenvalue weighted by Crippen LogP contribution is 2.21. The van der Waals surface area contributed by atoms with Crippen LogP contribution in [-0.2, 0) is 6.54 Å². The molecular weight excluding hydrogens is 264 g/mol. The third kappa shape index (κ3) is 3.54. The third-order valence-electron chi connectivity index (χ3n) is 3.81. The molecular formula is C16H22N4O. The second-order valence-electron chi connectivity index (χ2n) is 5.82. The Labute approximate surface area is 125 Å². The summed E-state index contributed by atoms with van der Waals surface area (Å²) >= 11 is 0. The molecule has 2 aromatic heterocycles. The number of aryl methyl sites for hydroxylation is 1. The molecule has 0 bridgehead atoms. The number of aromatic nitrogens is 2. The van der Waals surface area contributed by atoms with Gasteiger partial charge in [0.15, 0.2) is 0 Å². The van der Waals surface area contributed by atoms with Gasteiger partial charge >= 0.3 is 0 Å². The van der Waals surface area contributed by atoms with Crippen molar-refractivity contribution in [2.24, 2.45) is 5.92 Å². The summed E-state index contributed by atoms with van der Waals surface area (Å²) in [4.78, 5) is 11.5. The molecule has 1 unspecified atom stereocenters. The lowest BCUT2D eigenvalue weighted by Gasteiger charge is -2.31. The Morgan fingerprint density at radius 3 is 3.10 bits per heavy atom. The first-order chi connectivity index (χ1) is 10.2. The molecule has 3 heterocycles. The zero-order chi connectivity index (χ0) is 14.7. The van der Waals surface area contributed by atoms with Crippen molar-refractivity contribution in [2.75, 3.05) is 23.3 Å². The maximum absolute atomic E-state index is 5.33. The van der Waals surface area contributed by atoms with Gasteiger partial charge in [-0.15, -0.1) is 0 Å². The van der Waals surface area contributed by atoms with Gasteiger partial charge in [0.2, 0.25) is 5.95 Å². The molecule has 0 aliphatic carbocycles. The number of anilines is 2. The Morgan fingerprint density at radius 1 is 1.43 bits per heavy atom. The summed E-state index contributed by atoms with van der Waals surface area (Å²) in [5.74, 6) is 3.30. The van der Waals surface area contributed by atoms with Crippen molar-refractivity contribution in [3.8, 4) is 0 Å². The molecule has 0 amide bonds. The molecule has 1 aliphatic rings. The van der Waals surface area contributed by atoms with Crippen molar-refractivity contribution < 1.29 is 4.42 Å². The van der Waals surface area contributed by atoms with E-state index in [2.05, 4.69) is 27.1 Å². The standard InChI is InChI=1S/C16H22N4O/c1-12-5-3-7-20(11-12)16-18-13(2)9-15(19-16)17-10-14-6-4-8-21-14/h4,6,8-9,12H,3,5,7,10-11H2,1-2H3,(H,17,18,19). The van der Waals surface area contributed by atoms with E-state index in [0.717, 1.165) is 36.3 Å². The van der Waals surface area contributed by atoms with E-state index in [4.69, 9.17) is 4.42 Å². The number of nitrogens with zero attached hydrogens (tertiary/aromatic N) is 3. The normalized spacial score (nSPS) is 18.8. The number of piperidine rings is 1. The SMILES string of the molecule is Cc1cc(NCc2ccco2)nc(N2CCCC(C)C2)n1. The van der Waals surface area contributed by atoms with Gasteiger partial charge in [-0.2, -0.15) is 4.98 Å². The van der Waals surface area contributed by atoms with Gasteiger partial charge in [-0.1, -0.05) is 6.92 Å². The van der Waals surface area contributed by atoms with E-state index < -0.39 is 0 Å². The molecule has 3 rings (SSSR count). The van der Waals surface area contributed by atoms with Crippen LogP contribution in [0, 0.1) is 12.8 Å². The van der Waals surface area contributed by atoms with E-state index in [1.807, 2.05) is 25.1 Å². The highest BCUT2D eigenvalue weighted by Gasteiger charge is 2.19. The fourth-order valence-electron chi connectivity index (χ4n) is 2.75. The van der Waals surface area contributed by atoms with E-state index in [1.165, 1.54) is 12.8 Å². The van der Waals surface area contributed by atoms with Crippen LogP contribution in [-0.4, -0.2) is 23.1 Å². The molecule has 0 aromatic carbocycles. The maximum atomic E-state index is 5.33. The lowest BCUT2D eigenvalue weighted by molar-refractivity contribution is 0.442. The van der Waals surface area contributed by atoms with Crippen molar-refractivity contribution in [1.82, 2.24) is 9.97 Å². The average Bonchev–Trinajstić information content (AvgIpc) is 2.98. The molecule has 21 heavy (non-hydrogen) atoms. The first kappa shape index (κ1) is 13.9. The van der Waals surface area contributed by atoms with Gasteiger partial charge in [-0.25, -0.2) is 4.98 Å². The van der Waals surface area contributed by atoms with Gasteiger partial charge in [0, 0.05) is 24.8 Å². The zero-order valence-corrected chi connectivity index (χ0v) is 12.7. The van der Waals surface area contributed by atoms with Crippen LogP contribution in [0.25, 0.3) is 0 Å². The summed E-state index contributed by atoms with van der Waals surface area (Å²) in [6.07, 6.45) is 4.20. The average molecular weight is 286 g/mol. The topological polar surface area (TPSA) is 54.2 Å². The number of hydrogen-bond acceptors (Lipinski definition) is 5. The van der Waals surface area contributed by atoms with E-state index in [-0.39, 0.29) is 0 Å². The predicted molar refractivity (Wildman–Crippen MR) is 83.4 cm³/mol. The maximum Gasteiger partial charge on any atom is 0.227 e. The number of nitrogens with one attached hydrogen (secondary N) is 1. The number of hydrogen-bond donors (Lipinski definition) is 1. The van der Waals surface area contributed by atoms with E-state index >= 15 is 0 Å². The molecule has 5 nitrogen and oxygen atoms in total. The van der Waals surface area contributed by atoms with Gasteiger partial charge in [0.25, 0.3) is 0 Å². The van der Waals surface area contributed by atoms with Crippen LogP contribution in [0.3, 0.4) is 0 Å². The highest BCUT2D eigenvalue weighted by atomic mass is 16.3. The molecule has 0 spiro atoms. The fourth-order valence-corrected chi connectivity index (χ4v) is 2.75. The van der Waals surface area contributed by atoms with Gasteiger partial charge in [0.1, 0.15) is 11.6 Å². The lowest BCUT2D eigenvalue weighted by atomic mass is 10.0. The zero-order valence-electron chi connectivity index (χ0n) is 12.7. The molecule has 1 aliphatic heterocycles. The molecule has 2 aromatic rings. The lowest BCUT2D eigenvalue weighted by Crippen LogP contribution is -2.35. The predicted octanol–water partition coefficient (Wildman–Crippen LogP) is 3.23. The molecule has 1 fully saturated rings. The second-order valence-corrected chi connectivity index (χ2v) is 5.82. The highest BCUT2D eigenvalue weighted by molar-refractivity contribution is 5.44. The summed E-state index contributed by atoms with van der Waals surface area (Å²) in [6.45, 7) is 7.03. The van der Waals surface area contributed by atoms with Crippen molar-refractivity contribution in [3.05, 3.63) is 35.9 Å². The Morgan fingerprint density at radius 2 is 2.33 bits per heavy atom. The molecule has 5 heteroatoms. The van der Waals surface area contributed by atoms with E-state index in [0.29, 0.717) is 12.5 Å². The number of furan rings is 1. The van der Waals surface area contributed by atoms with Gasteiger partial charge in [-0.3, -0.25) is 0 Å². The molecule has 1 saturated heterocycles. The van der Waals surface area contributed by atoms with E-state index in [9.17, 15) is 0 Å². The minimum atomic E-state index is 0.638. The van der Waals surface area contributed by atoms with Crippen LogP contribution >= 0.6 is 0 Å².